The first kappa shape index (κ1) is 24.6. The number of rotatable bonds is 8. The minimum Gasteiger partial charge on any atom is -0.457 e. The molecule has 0 fully saturated rings. The molecule has 0 radical (unpaired) electrons. The molecule has 0 saturated heterocycles. The number of aldehydes is 1. The molecule has 1 atom stereocenters. The molecular formula is C21H24O7. The third-order valence-electron chi connectivity index (χ3n) is 2.93. The van der Waals surface area contributed by atoms with E-state index in [0.717, 1.165) is 12.5 Å². The largest absolute Gasteiger partial charge is 0.457 e. The highest BCUT2D eigenvalue weighted by molar-refractivity contribution is 5.73. The van der Waals surface area contributed by atoms with Gasteiger partial charge in [-0.2, -0.15) is 0 Å². The van der Waals surface area contributed by atoms with Crippen LogP contribution < -0.4 is 0 Å². The SMILES string of the molecule is CC(=O)O/C=C/C(=C\OC(C)=O)[C@@H](C/C=C(/C)C#C/C=C(\C)C=O)OC(C)=O. The van der Waals surface area contributed by atoms with Crippen LogP contribution >= 0.6 is 0 Å². The predicted octanol–water partition coefficient (Wildman–Crippen LogP) is 2.93. The molecule has 0 aliphatic carbocycles. The van der Waals surface area contributed by atoms with Gasteiger partial charge in [0.2, 0.25) is 0 Å². The van der Waals surface area contributed by atoms with Crippen LogP contribution in [0.15, 0.2) is 47.5 Å². The highest BCUT2D eigenvalue weighted by Crippen LogP contribution is 2.16. The van der Waals surface area contributed by atoms with Gasteiger partial charge in [-0.25, -0.2) is 0 Å². The van der Waals surface area contributed by atoms with Crippen LogP contribution in [0, 0.1) is 11.8 Å². The van der Waals surface area contributed by atoms with Crippen molar-refractivity contribution in [3.63, 3.8) is 0 Å². The van der Waals surface area contributed by atoms with Crippen LogP contribution in [0.3, 0.4) is 0 Å². The van der Waals surface area contributed by atoms with Crippen LogP contribution in [0.1, 0.15) is 41.0 Å². The summed E-state index contributed by atoms with van der Waals surface area (Å²) in [6.07, 6.45) is 6.95. The number of hydrogen-bond donors (Lipinski definition) is 0. The second-order valence-electron chi connectivity index (χ2n) is 5.64. The zero-order valence-corrected chi connectivity index (χ0v) is 16.6. The number of ether oxygens (including phenoxy) is 3. The van der Waals surface area contributed by atoms with E-state index in [2.05, 4.69) is 11.8 Å². The van der Waals surface area contributed by atoms with E-state index in [1.165, 1.54) is 32.9 Å². The van der Waals surface area contributed by atoms with Crippen LogP contribution in [0.4, 0.5) is 0 Å². The Bertz CT molecular complexity index is 770. The van der Waals surface area contributed by atoms with Crippen LogP contribution in [-0.4, -0.2) is 30.3 Å². The smallest absolute Gasteiger partial charge is 0.307 e. The zero-order chi connectivity index (χ0) is 21.5. The van der Waals surface area contributed by atoms with Gasteiger partial charge in [0.1, 0.15) is 18.7 Å². The molecule has 7 heteroatoms. The zero-order valence-electron chi connectivity index (χ0n) is 16.6. The third-order valence-corrected chi connectivity index (χ3v) is 2.93. The molecular weight excluding hydrogens is 364 g/mol. The van der Waals surface area contributed by atoms with Gasteiger partial charge >= 0.3 is 17.9 Å². The molecule has 0 unspecified atom stereocenters. The van der Waals surface area contributed by atoms with E-state index >= 15 is 0 Å². The van der Waals surface area contributed by atoms with Crippen molar-refractivity contribution in [1.29, 1.82) is 0 Å². The van der Waals surface area contributed by atoms with Gasteiger partial charge in [0.15, 0.2) is 0 Å². The fraction of sp³-hybridized carbons (Fsp3) is 0.333. The first-order valence-corrected chi connectivity index (χ1v) is 8.34. The average molecular weight is 388 g/mol. The molecule has 0 rings (SSSR count). The Morgan fingerprint density at radius 1 is 0.964 bits per heavy atom. The van der Waals surface area contributed by atoms with Gasteiger partial charge in [-0.15, -0.1) is 0 Å². The maximum absolute atomic E-state index is 11.4. The van der Waals surface area contributed by atoms with Crippen molar-refractivity contribution in [2.75, 3.05) is 0 Å². The van der Waals surface area contributed by atoms with E-state index in [-0.39, 0.29) is 6.42 Å². The Kier molecular flexibility index (Phi) is 12.1. The first-order chi connectivity index (χ1) is 13.1. The van der Waals surface area contributed by atoms with Crippen LogP contribution in [0.2, 0.25) is 0 Å². The van der Waals surface area contributed by atoms with E-state index in [0.29, 0.717) is 23.0 Å². The standard InChI is InChI=1S/C21H24O7/c1-15(7-6-8-16(2)13-22)9-10-21(28-19(5)25)20(14-27-18(4)24)11-12-26-17(3)23/h8-9,11-14,21H,10H2,1-5H3/b12-11+,15-9-,16-8+,20-14+/t21-/m1/s1. The summed E-state index contributed by atoms with van der Waals surface area (Å²) >= 11 is 0. The molecule has 0 bridgehead atoms. The summed E-state index contributed by atoms with van der Waals surface area (Å²) in [6, 6.07) is 0. The number of esters is 3. The topological polar surface area (TPSA) is 96.0 Å². The second kappa shape index (κ2) is 13.8. The normalized spacial score (nSPS) is 13.2. The summed E-state index contributed by atoms with van der Waals surface area (Å²) in [7, 11) is 0. The lowest BCUT2D eigenvalue weighted by molar-refractivity contribution is -0.144. The summed E-state index contributed by atoms with van der Waals surface area (Å²) in [5.41, 5.74) is 1.49. The molecule has 0 saturated carbocycles. The summed E-state index contributed by atoms with van der Waals surface area (Å²) < 4.78 is 14.9. The number of allylic oxidation sites excluding steroid dienone is 3. The van der Waals surface area contributed by atoms with Crippen molar-refractivity contribution < 1.29 is 33.4 Å². The van der Waals surface area contributed by atoms with Crippen molar-refractivity contribution in [2.45, 2.75) is 47.1 Å². The molecule has 0 amide bonds. The molecule has 0 aromatic heterocycles. The van der Waals surface area contributed by atoms with Crippen molar-refractivity contribution in [3.8, 4) is 11.8 Å². The second-order valence-corrected chi connectivity index (χ2v) is 5.64. The number of carbonyl (C=O) groups is 4. The predicted molar refractivity (Wildman–Crippen MR) is 102 cm³/mol. The maximum atomic E-state index is 11.4. The van der Waals surface area contributed by atoms with Crippen molar-refractivity contribution >= 4 is 24.2 Å². The van der Waals surface area contributed by atoms with Crippen LogP contribution in [0.25, 0.3) is 0 Å². The molecule has 0 aromatic carbocycles. The van der Waals surface area contributed by atoms with Crippen molar-refractivity contribution in [3.05, 3.63) is 47.5 Å². The molecule has 28 heavy (non-hydrogen) atoms. The highest BCUT2D eigenvalue weighted by atomic mass is 16.5. The van der Waals surface area contributed by atoms with Crippen LogP contribution in [0.5, 0.6) is 0 Å². The van der Waals surface area contributed by atoms with E-state index in [4.69, 9.17) is 14.2 Å². The molecule has 150 valence electrons. The molecule has 0 N–H and O–H groups in total. The fourth-order valence-corrected chi connectivity index (χ4v) is 1.67. The first-order valence-electron chi connectivity index (χ1n) is 8.34. The Balaban J connectivity index is 5.57. The molecule has 0 aliphatic heterocycles. The quantitative estimate of drug-likeness (QED) is 0.120. The molecule has 0 aromatic rings. The summed E-state index contributed by atoms with van der Waals surface area (Å²) in [6.45, 7) is 7.09. The average Bonchev–Trinajstić information content (AvgIpc) is 2.60. The number of carbonyl (C=O) groups excluding carboxylic acids is 4. The van der Waals surface area contributed by atoms with E-state index in [1.807, 2.05) is 0 Å². The van der Waals surface area contributed by atoms with Gasteiger partial charge in [0.05, 0.1) is 6.26 Å². The van der Waals surface area contributed by atoms with E-state index in [1.54, 1.807) is 19.9 Å². The van der Waals surface area contributed by atoms with Gasteiger partial charge in [-0.05, 0) is 37.1 Å². The van der Waals surface area contributed by atoms with Gasteiger partial charge in [0.25, 0.3) is 0 Å². The highest BCUT2D eigenvalue weighted by Gasteiger charge is 2.16. The van der Waals surface area contributed by atoms with Crippen molar-refractivity contribution in [2.24, 2.45) is 0 Å². The fourth-order valence-electron chi connectivity index (χ4n) is 1.67. The van der Waals surface area contributed by atoms with E-state index < -0.39 is 24.0 Å². The summed E-state index contributed by atoms with van der Waals surface area (Å²) in [5, 5.41) is 0. The minimum atomic E-state index is -0.798. The monoisotopic (exact) mass is 388 g/mol. The maximum Gasteiger partial charge on any atom is 0.307 e. The molecule has 0 heterocycles. The Labute approximate surface area is 164 Å². The lowest BCUT2D eigenvalue weighted by atomic mass is 10.1. The Morgan fingerprint density at radius 3 is 2.14 bits per heavy atom. The number of hydrogen-bond acceptors (Lipinski definition) is 7. The van der Waals surface area contributed by atoms with Crippen molar-refractivity contribution in [1.82, 2.24) is 0 Å². The Hall–Kier alpha value is -3.40. The lowest BCUT2D eigenvalue weighted by Crippen LogP contribution is -2.18. The summed E-state index contributed by atoms with van der Waals surface area (Å²) in [4.78, 5) is 44.0. The van der Waals surface area contributed by atoms with Crippen LogP contribution in [-0.2, 0) is 33.4 Å². The van der Waals surface area contributed by atoms with Gasteiger partial charge in [-0.3, -0.25) is 19.2 Å². The minimum absolute atomic E-state index is 0.230. The molecule has 7 nitrogen and oxygen atoms in total. The third kappa shape index (κ3) is 12.9. The summed E-state index contributed by atoms with van der Waals surface area (Å²) in [5.74, 6) is 3.96. The van der Waals surface area contributed by atoms with Gasteiger partial charge < -0.3 is 14.2 Å². The van der Waals surface area contributed by atoms with Gasteiger partial charge in [0, 0.05) is 32.8 Å². The Morgan fingerprint density at radius 2 is 1.61 bits per heavy atom. The molecule has 0 aliphatic rings. The van der Waals surface area contributed by atoms with E-state index in [9.17, 15) is 19.2 Å². The molecule has 0 spiro atoms. The van der Waals surface area contributed by atoms with Gasteiger partial charge in [-0.1, -0.05) is 17.9 Å². The lowest BCUT2D eigenvalue weighted by Gasteiger charge is -2.16.